The smallest absolute Gasteiger partial charge is 0.265 e. The lowest BCUT2D eigenvalue weighted by Crippen LogP contribution is -2.30. The molecule has 2 aliphatic heterocycles. The van der Waals surface area contributed by atoms with E-state index in [1.165, 1.54) is 24.1 Å². The summed E-state index contributed by atoms with van der Waals surface area (Å²) in [5.74, 6) is 0.336. The zero-order chi connectivity index (χ0) is 23.9. The van der Waals surface area contributed by atoms with E-state index < -0.39 is 10.0 Å². The molecule has 0 bridgehead atoms. The van der Waals surface area contributed by atoms with E-state index >= 15 is 0 Å². The number of likely N-dealkylation sites (tertiary alicyclic amines) is 1. The normalized spacial score (nSPS) is 21.9. The number of rotatable bonds is 6. The number of carbonyl (C=O) groups is 2. The third-order valence-electron chi connectivity index (χ3n) is 6.59. The fourth-order valence-corrected chi connectivity index (χ4v) is 6.19. The van der Waals surface area contributed by atoms with E-state index in [9.17, 15) is 18.0 Å². The number of methoxy groups -OCH3 is 1. The Kier molecular flexibility index (Phi) is 5.85. The van der Waals surface area contributed by atoms with Crippen LogP contribution in [0.25, 0.3) is 0 Å². The average molecular weight is 487 g/mol. The van der Waals surface area contributed by atoms with Gasteiger partial charge in [0.1, 0.15) is 23.9 Å². The van der Waals surface area contributed by atoms with Crippen LogP contribution in [0.3, 0.4) is 0 Å². The van der Waals surface area contributed by atoms with Crippen molar-refractivity contribution in [3.05, 3.63) is 42.0 Å². The molecule has 0 spiro atoms. The molecule has 1 N–H and O–H groups in total. The number of amides is 2. The number of hydrogen-bond acceptors (Lipinski definition) is 7. The Morgan fingerprint density at radius 1 is 0.971 bits per heavy atom. The number of nitrogens with one attached hydrogen (secondary N) is 1. The summed E-state index contributed by atoms with van der Waals surface area (Å²) in [6, 6.07) is 9.44. The van der Waals surface area contributed by atoms with Gasteiger partial charge in [0.25, 0.3) is 10.0 Å². The van der Waals surface area contributed by atoms with Gasteiger partial charge < -0.3 is 14.2 Å². The summed E-state index contributed by atoms with van der Waals surface area (Å²) >= 11 is 0. The minimum atomic E-state index is -4.05. The Labute approximate surface area is 198 Å². The first kappa shape index (κ1) is 22.5. The number of imide groups is 1. The summed E-state index contributed by atoms with van der Waals surface area (Å²) in [5, 5.41) is 0. The highest BCUT2D eigenvalue weighted by atomic mass is 32.2. The number of ether oxygens (including phenoxy) is 3. The number of benzene rings is 2. The molecule has 1 saturated heterocycles. The molecule has 2 aromatic rings. The number of anilines is 1. The molecule has 10 heteroatoms. The van der Waals surface area contributed by atoms with Gasteiger partial charge in [-0.05, 0) is 42.7 Å². The van der Waals surface area contributed by atoms with Gasteiger partial charge in [-0.25, -0.2) is 8.42 Å². The fraction of sp³-hybridized carbons (Fsp3) is 0.417. The molecule has 2 atom stereocenters. The molecular formula is C24H26N2O7S. The van der Waals surface area contributed by atoms with Gasteiger partial charge in [-0.1, -0.05) is 18.9 Å². The van der Waals surface area contributed by atoms with E-state index in [4.69, 9.17) is 14.2 Å². The first-order chi connectivity index (χ1) is 16.4. The third kappa shape index (κ3) is 4.06. The van der Waals surface area contributed by atoms with Crippen LogP contribution in [-0.2, 0) is 26.2 Å². The average Bonchev–Trinajstić information content (AvgIpc) is 3.08. The van der Waals surface area contributed by atoms with Crippen molar-refractivity contribution >= 4 is 27.5 Å². The molecule has 3 aliphatic rings. The Hall–Kier alpha value is -3.27. The van der Waals surface area contributed by atoms with Gasteiger partial charge >= 0.3 is 0 Å². The SMILES string of the molecule is COc1ccc(CN2C(=O)C3CCCCC3C2=O)cc1S(=O)(=O)Nc1ccc2c(c1)OCCO2. The van der Waals surface area contributed by atoms with Crippen LogP contribution >= 0.6 is 0 Å². The van der Waals surface area contributed by atoms with Gasteiger partial charge in [0.2, 0.25) is 11.8 Å². The zero-order valence-electron chi connectivity index (χ0n) is 18.8. The molecule has 2 unspecified atom stereocenters. The molecule has 180 valence electrons. The number of nitrogens with zero attached hydrogens (tertiary/aromatic N) is 1. The Morgan fingerprint density at radius 2 is 1.65 bits per heavy atom. The van der Waals surface area contributed by atoms with Crippen LogP contribution in [0.5, 0.6) is 17.2 Å². The van der Waals surface area contributed by atoms with Crippen LogP contribution in [0.15, 0.2) is 41.3 Å². The van der Waals surface area contributed by atoms with Crippen LogP contribution in [0, 0.1) is 11.8 Å². The minimum absolute atomic E-state index is 0.0290. The summed E-state index contributed by atoms with van der Waals surface area (Å²) in [6.45, 7) is 0.849. The molecule has 1 aliphatic carbocycles. The monoisotopic (exact) mass is 486 g/mol. The molecule has 34 heavy (non-hydrogen) atoms. The lowest BCUT2D eigenvalue weighted by molar-refractivity contribution is -0.140. The Bertz CT molecular complexity index is 1220. The second-order valence-corrected chi connectivity index (χ2v) is 10.4. The molecule has 5 rings (SSSR count). The quantitative estimate of drug-likeness (QED) is 0.625. The summed E-state index contributed by atoms with van der Waals surface area (Å²) in [4.78, 5) is 26.9. The molecule has 0 aromatic heterocycles. The number of sulfonamides is 1. The van der Waals surface area contributed by atoms with E-state index in [0.29, 0.717) is 36.0 Å². The van der Waals surface area contributed by atoms with Crippen molar-refractivity contribution < 1.29 is 32.2 Å². The molecular weight excluding hydrogens is 460 g/mol. The molecule has 1 saturated carbocycles. The van der Waals surface area contributed by atoms with E-state index in [2.05, 4.69) is 4.72 Å². The van der Waals surface area contributed by atoms with Gasteiger partial charge in [0.15, 0.2) is 11.5 Å². The minimum Gasteiger partial charge on any atom is -0.495 e. The van der Waals surface area contributed by atoms with Crippen LogP contribution in [-0.4, -0.2) is 45.5 Å². The molecule has 0 radical (unpaired) electrons. The number of carbonyl (C=O) groups excluding carboxylic acids is 2. The Morgan fingerprint density at radius 3 is 2.32 bits per heavy atom. The summed E-state index contributed by atoms with van der Waals surface area (Å²) in [5.41, 5.74) is 0.842. The van der Waals surface area contributed by atoms with Crippen molar-refractivity contribution in [1.82, 2.24) is 4.90 Å². The zero-order valence-corrected chi connectivity index (χ0v) is 19.6. The maximum atomic E-state index is 13.3. The standard InChI is InChI=1S/C24H26N2O7S/c1-31-20-8-6-15(14-26-23(27)17-4-2-3-5-18(17)24(26)28)12-22(20)34(29,30)25-16-7-9-19-21(13-16)33-11-10-32-19/h6-9,12-13,17-18,25H,2-5,10-11,14H2,1H3. The van der Waals surface area contributed by atoms with Crippen molar-refractivity contribution in [2.75, 3.05) is 25.0 Å². The van der Waals surface area contributed by atoms with Crippen molar-refractivity contribution in [3.63, 3.8) is 0 Å². The second kappa shape index (κ2) is 8.83. The maximum absolute atomic E-state index is 13.3. The molecule has 2 fully saturated rings. The van der Waals surface area contributed by atoms with Crippen LogP contribution in [0.4, 0.5) is 5.69 Å². The highest BCUT2D eigenvalue weighted by Crippen LogP contribution is 2.39. The van der Waals surface area contributed by atoms with Gasteiger partial charge in [-0.15, -0.1) is 0 Å². The van der Waals surface area contributed by atoms with Crippen LogP contribution < -0.4 is 18.9 Å². The fourth-order valence-electron chi connectivity index (χ4n) is 4.92. The van der Waals surface area contributed by atoms with E-state index in [1.807, 2.05) is 0 Å². The van der Waals surface area contributed by atoms with Crippen LogP contribution in [0.1, 0.15) is 31.2 Å². The first-order valence-corrected chi connectivity index (χ1v) is 12.8. The van der Waals surface area contributed by atoms with Crippen molar-refractivity contribution in [1.29, 1.82) is 0 Å². The largest absolute Gasteiger partial charge is 0.495 e. The first-order valence-electron chi connectivity index (χ1n) is 11.3. The van der Waals surface area contributed by atoms with Gasteiger partial charge in [0, 0.05) is 6.07 Å². The lowest BCUT2D eigenvalue weighted by Gasteiger charge is -2.20. The van der Waals surface area contributed by atoms with Gasteiger partial charge in [0.05, 0.1) is 31.2 Å². The summed E-state index contributed by atoms with van der Waals surface area (Å²) in [7, 11) is -2.66. The maximum Gasteiger partial charge on any atom is 0.265 e. The number of fused-ring (bicyclic) bond motifs is 2. The predicted molar refractivity (Wildman–Crippen MR) is 122 cm³/mol. The second-order valence-electron chi connectivity index (χ2n) is 8.71. The van der Waals surface area contributed by atoms with E-state index in [1.54, 1.807) is 24.3 Å². The van der Waals surface area contributed by atoms with Crippen molar-refractivity contribution in [2.24, 2.45) is 11.8 Å². The highest BCUT2D eigenvalue weighted by Gasteiger charge is 2.47. The predicted octanol–water partition coefficient (Wildman–Crippen LogP) is 2.94. The van der Waals surface area contributed by atoms with E-state index in [0.717, 1.165) is 25.7 Å². The third-order valence-corrected chi connectivity index (χ3v) is 7.99. The molecule has 2 aromatic carbocycles. The van der Waals surface area contributed by atoms with Crippen LogP contribution in [0.2, 0.25) is 0 Å². The van der Waals surface area contributed by atoms with E-state index in [-0.39, 0.29) is 40.8 Å². The highest BCUT2D eigenvalue weighted by molar-refractivity contribution is 7.92. The topological polar surface area (TPSA) is 111 Å². The lowest BCUT2D eigenvalue weighted by atomic mass is 9.81. The number of hydrogen-bond donors (Lipinski definition) is 1. The molecule has 9 nitrogen and oxygen atoms in total. The van der Waals surface area contributed by atoms with Crippen molar-refractivity contribution in [3.8, 4) is 17.2 Å². The van der Waals surface area contributed by atoms with Gasteiger partial charge in [-0.2, -0.15) is 0 Å². The van der Waals surface area contributed by atoms with Gasteiger partial charge in [-0.3, -0.25) is 19.2 Å². The molecule has 2 heterocycles. The Balaban J connectivity index is 1.40. The summed E-state index contributed by atoms with van der Waals surface area (Å²) < 4.78 is 45.4. The summed E-state index contributed by atoms with van der Waals surface area (Å²) in [6.07, 6.45) is 3.36. The molecule has 2 amide bonds. The van der Waals surface area contributed by atoms with Crippen molar-refractivity contribution in [2.45, 2.75) is 37.1 Å².